The van der Waals surface area contributed by atoms with Gasteiger partial charge in [0.2, 0.25) is 0 Å². The van der Waals surface area contributed by atoms with Gasteiger partial charge in [0, 0.05) is 0 Å². The normalized spacial score (nSPS) is 16.4. The number of rotatable bonds is 2. The highest BCUT2D eigenvalue weighted by Crippen LogP contribution is 2.21. The van der Waals surface area contributed by atoms with Gasteiger partial charge in [-0.2, -0.15) is 0 Å². The molecule has 0 aliphatic carbocycles. The smallest absolute Gasteiger partial charge is 0.0988 e. The van der Waals surface area contributed by atoms with Gasteiger partial charge in [-0.15, -0.1) is 0 Å². The SMILES string of the molecule is C=CC1=C(C=C)SNC=N1. The van der Waals surface area contributed by atoms with Crippen molar-refractivity contribution in [3.05, 3.63) is 35.9 Å². The van der Waals surface area contributed by atoms with Crippen LogP contribution in [0.3, 0.4) is 0 Å². The average Bonchev–Trinajstić information content (AvgIpc) is 2.04. The van der Waals surface area contributed by atoms with Gasteiger partial charge in [0.15, 0.2) is 0 Å². The third kappa shape index (κ3) is 1.30. The molecule has 1 heterocycles. The van der Waals surface area contributed by atoms with Gasteiger partial charge in [-0.1, -0.05) is 19.2 Å². The van der Waals surface area contributed by atoms with Crippen LogP contribution in [0.4, 0.5) is 0 Å². The zero-order valence-corrected chi connectivity index (χ0v) is 6.32. The third-order valence-electron chi connectivity index (χ3n) is 1.06. The minimum Gasteiger partial charge on any atom is -0.316 e. The maximum Gasteiger partial charge on any atom is 0.0988 e. The molecule has 1 aliphatic heterocycles. The second-order valence-electron chi connectivity index (χ2n) is 1.64. The van der Waals surface area contributed by atoms with E-state index in [0.29, 0.717) is 0 Å². The van der Waals surface area contributed by atoms with Crippen LogP contribution in [0.15, 0.2) is 40.9 Å². The number of aliphatic imine (C=N–C) groups is 1. The van der Waals surface area contributed by atoms with E-state index in [1.54, 1.807) is 18.5 Å². The van der Waals surface area contributed by atoms with Crippen LogP contribution in [-0.2, 0) is 0 Å². The van der Waals surface area contributed by atoms with E-state index < -0.39 is 0 Å². The Balaban J connectivity index is 2.94. The van der Waals surface area contributed by atoms with Crippen molar-refractivity contribution in [2.24, 2.45) is 4.99 Å². The molecule has 0 saturated heterocycles. The van der Waals surface area contributed by atoms with Crippen LogP contribution in [0.2, 0.25) is 0 Å². The van der Waals surface area contributed by atoms with Gasteiger partial charge in [-0.25, -0.2) is 4.99 Å². The first kappa shape index (κ1) is 7.15. The highest BCUT2D eigenvalue weighted by Gasteiger charge is 2.02. The molecule has 0 aromatic rings. The summed E-state index contributed by atoms with van der Waals surface area (Å²) in [4.78, 5) is 5.05. The Kier molecular flexibility index (Phi) is 2.34. The van der Waals surface area contributed by atoms with Crippen molar-refractivity contribution in [2.75, 3.05) is 0 Å². The van der Waals surface area contributed by atoms with Crippen molar-refractivity contribution >= 4 is 18.3 Å². The summed E-state index contributed by atoms with van der Waals surface area (Å²) in [6.07, 6.45) is 5.10. The van der Waals surface area contributed by atoms with Crippen molar-refractivity contribution in [2.45, 2.75) is 0 Å². The van der Waals surface area contributed by atoms with Gasteiger partial charge in [0.1, 0.15) is 0 Å². The fraction of sp³-hybridized carbons (Fsp3) is 0. The molecule has 0 fully saturated rings. The van der Waals surface area contributed by atoms with E-state index in [9.17, 15) is 0 Å². The van der Waals surface area contributed by atoms with E-state index in [2.05, 4.69) is 22.9 Å². The first-order valence-corrected chi connectivity index (χ1v) is 3.64. The van der Waals surface area contributed by atoms with Crippen LogP contribution in [0.25, 0.3) is 0 Å². The van der Waals surface area contributed by atoms with Gasteiger partial charge in [0.05, 0.1) is 16.9 Å². The summed E-state index contributed by atoms with van der Waals surface area (Å²) in [6, 6.07) is 0. The molecule has 0 bridgehead atoms. The number of nitrogens with zero attached hydrogens (tertiary/aromatic N) is 1. The molecular weight excluding hydrogens is 144 g/mol. The molecule has 0 radical (unpaired) electrons. The topological polar surface area (TPSA) is 24.4 Å². The quantitative estimate of drug-likeness (QED) is 0.611. The molecule has 3 heteroatoms. The molecule has 0 unspecified atom stereocenters. The monoisotopic (exact) mass is 152 g/mol. The van der Waals surface area contributed by atoms with Crippen LogP contribution >= 0.6 is 11.9 Å². The predicted octanol–water partition coefficient (Wildman–Crippen LogP) is 1.85. The van der Waals surface area contributed by atoms with Crippen LogP contribution in [0, 0.1) is 0 Å². The first-order chi connectivity index (χ1) is 4.88. The molecule has 2 nitrogen and oxygen atoms in total. The summed E-state index contributed by atoms with van der Waals surface area (Å²) in [5.74, 6) is 0. The maximum absolute atomic E-state index is 4.03. The van der Waals surface area contributed by atoms with Crippen LogP contribution in [-0.4, -0.2) is 6.34 Å². The first-order valence-electron chi connectivity index (χ1n) is 2.82. The van der Waals surface area contributed by atoms with Gasteiger partial charge in [0.25, 0.3) is 0 Å². The number of allylic oxidation sites excluding steroid dienone is 2. The molecule has 1 N–H and O–H groups in total. The number of hydrogen-bond acceptors (Lipinski definition) is 3. The summed E-state index contributed by atoms with van der Waals surface area (Å²) in [7, 11) is 0. The van der Waals surface area contributed by atoms with E-state index in [4.69, 9.17) is 0 Å². The highest BCUT2D eigenvalue weighted by molar-refractivity contribution is 8.01. The fourth-order valence-corrected chi connectivity index (χ4v) is 1.16. The van der Waals surface area contributed by atoms with E-state index in [1.165, 1.54) is 11.9 Å². The van der Waals surface area contributed by atoms with Gasteiger partial charge < -0.3 is 4.72 Å². The number of hydrogen-bond donors (Lipinski definition) is 1. The van der Waals surface area contributed by atoms with Crippen molar-refractivity contribution in [1.29, 1.82) is 0 Å². The lowest BCUT2D eigenvalue weighted by atomic mass is 10.4. The Labute approximate surface area is 64.6 Å². The van der Waals surface area contributed by atoms with Crippen molar-refractivity contribution in [1.82, 2.24) is 4.72 Å². The van der Waals surface area contributed by atoms with Crippen LogP contribution < -0.4 is 4.72 Å². The molecule has 0 amide bonds. The molecule has 0 aromatic heterocycles. The molecule has 10 heavy (non-hydrogen) atoms. The van der Waals surface area contributed by atoms with Gasteiger partial charge in [-0.3, -0.25) is 0 Å². The lowest BCUT2D eigenvalue weighted by Gasteiger charge is -2.07. The lowest BCUT2D eigenvalue weighted by molar-refractivity contribution is 1.35. The van der Waals surface area contributed by atoms with Crippen LogP contribution in [0.1, 0.15) is 0 Å². The second kappa shape index (κ2) is 3.27. The summed E-state index contributed by atoms with van der Waals surface area (Å²) in [5, 5.41) is 0. The standard InChI is InChI=1S/C7H8N2S/c1-3-6-7(4-2)10-9-5-8-6/h3-5H,1-2H2,(H,8,9). The molecule has 1 aliphatic rings. The summed E-state index contributed by atoms with van der Waals surface area (Å²) in [6.45, 7) is 7.26. The van der Waals surface area contributed by atoms with Crippen molar-refractivity contribution in [3.63, 3.8) is 0 Å². The molecule has 0 atom stereocenters. The van der Waals surface area contributed by atoms with Crippen LogP contribution in [0.5, 0.6) is 0 Å². The molecule has 0 spiro atoms. The van der Waals surface area contributed by atoms with E-state index in [-0.39, 0.29) is 0 Å². The Hall–Kier alpha value is -0.960. The molecule has 1 rings (SSSR count). The van der Waals surface area contributed by atoms with Gasteiger partial charge >= 0.3 is 0 Å². The Bertz CT molecular complexity index is 216. The Morgan fingerprint density at radius 1 is 1.50 bits per heavy atom. The molecule has 52 valence electrons. The average molecular weight is 152 g/mol. The van der Waals surface area contributed by atoms with E-state index in [0.717, 1.165) is 10.6 Å². The third-order valence-corrected chi connectivity index (χ3v) is 1.88. The van der Waals surface area contributed by atoms with Crippen molar-refractivity contribution < 1.29 is 0 Å². The molecular formula is C7H8N2S. The number of nitrogens with one attached hydrogen (secondary N) is 1. The molecule has 0 saturated carbocycles. The molecule has 0 aromatic carbocycles. The second-order valence-corrected chi connectivity index (χ2v) is 2.52. The summed E-state index contributed by atoms with van der Waals surface area (Å²) in [5.41, 5.74) is 0.874. The van der Waals surface area contributed by atoms with Crippen molar-refractivity contribution in [3.8, 4) is 0 Å². The van der Waals surface area contributed by atoms with Gasteiger partial charge in [-0.05, 0) is 18.0 Å². The highest BCUT2D eigenvalue weighted by atomic mass is 32.2. The zero-order chi connectivity index (χ0) is 7.40. The minimum atomic E-state index is 0.874. The summed E-state index contributed by atoms with van der Waals surface area (Å²) >= 11 is 1.49. The zero-order valence-electron chi connectivity index (χ0n) is 5.50. The van der Waals surface area contributed by atoms with E-state index >= 15 is 0 Å². The van der Waals surface area contributed by atoms with E-state index in [1.807, 2.05) is 0 Å². The summed E-state index contributed by atoms with van der Waals surface area (Å²) < 4.78 is 2.90. The lowest BCUT2D eigenvalue weighted by Crippen LogP contribution is -2.04. The maximum atomic E-state index is 4.03. The minimum absolute atomic E-state index is 0.874. The largest absolute Gasteiger partial charge is 0.316 e. The Morgan fingerprint density at radius 3 is 2.80 bits per heavy atom. The Morgan fingerprint density at radius 2 is 2.30 bits per heavy atom. The fourth-order valence-electron chi connectivity index (χ4n) is 0.601. The predicted molar refractivity (Wildman–Crippen MR) is 46.6 cm³/mol.